The predicted molar refractivity (Wildman–Crippen MR) is 128 cm³/mol. The van der Waals surface area contributed by atoms with Gasteiger partial charge in [-0.3, -0.25) is 9.69 Å². The van der Waals surface area contributed by atoms with Crippen LogP contribution in [0.1, 0.15) is 72.7 Å². The van der Waals surface area contributed by atoms with Crippen LogP contribution in [0, 0.1) is 0 Å². The Morgan fingerprint density at radius 3 is 2.67 bits per heavy atom. The van der Waals surface area contributed by atoms with Crippen molar-refractivity contribution in [2.45, 2.75) is 72.0 Å². The van der Waals surface area contributed by atoms with E-state index < -0.39 is 0 Å². The zero-order valence-corrected chi connectivity index (χ0v) is 20.0. The van der Waals surface area contributed by atoms with E-state index in [2.05, 4.69) is 57.9 Å². The normalized spacial score (nSPS) is 15.9. The molecule has 1 unspecified atom stereocenters. The fourth-order valence-corrected chi connectivity index (χ4v) is 4.56. The molecule has 0 saturated heterocycles. The molecule has 176 valence electrons. The molecule has 3 heterocycles. The number of rotatable bonds is 9. The molecule has 1 atom stereocenters. The van der Waals surface area contributed by atoms with E-state index in [1.54, 1.807) is 0 Å². The Morgan fingerprint density at radius 1 is 1.15 bits per heavy atom. The topological polar surface area (TPSA) is 76.2 Å². The number of carbonyl (C=O) groups is 1. The zero-order valence-electron chi connectivity index (χ0n) is 20.0. The van der Waals surface area contributed by atoms with Crippen LogP contribution in [0.25, 0.3) is 0 Å². The summed E-state index contributed by atoms with van der Waals surface area (Å²) in [6.45, 7) is 9.95. The molecule has 0 radical (unpaired) electrons. The fraction of sp³-hybridized carbons (Fsp3) is 0.500. The van der Waals surface area contributed by atoms with Gasteiger partial charge in [0.2, 0.25) is 0 Å². The molecule has 33 heavy (non-hydrogen) atoms. The average molecular weight is 450 g/mol. The number of furan rings is 1. The molecule has 0 saturated carbocycles. The number of hydrogen-bond acceptors (Lipinski definition) is 5. The Kier molecular flexibility index (Phi) is 7.60. The third-order valence-electron chi connectivity index (χ3n) is 6.59. The van der Waals surface area contributed by atoms with Gasteiger partial charge in [-0.25, -0.2) is 0 Å². The second-order valence-corrected chi connectivity index (χ2v) is 8.72. The minimum atomic E-state index is -0.123. The van der Waals surface area contributed by atoms with Crippen LogP contribution < -0.4 is 5.32 Å². The van der Waals surface area contributed by atoms with Crippen LogP contribution in [0.3, 0.4) is 0 Å². The summed E-state index contributed by atoms with van der Waals surface area (Å²) < 4.78 is 8.18. The molecule has 1 aliphatic rings. The molecule has 4 rings (SSSR count). The number of benzene rings is 1. The van der Waals surface area contributed by atoms with Crippen molar-refractivity contribution in [3.8, 4) is 0 Å². The summed E-state index contributed by atoms with van der Waals surface area (Å²) in [4.78, 5) is 15.3. The number of amides is 1. The Bertz CT molecular complexity index is 1050. The van der Waals surface area contributed by atoms with Crippen molar-refractivity contribution in [3.63, 3.8) is 0 Å². The van der Waals surface area contributed by atoms with Crippen LogP contribution >= 0.6 is 0 Å². The molecule has 1 aromatic carbocycles. The molecular weight excluding hydrogens is 414 g/mol. The number of fused-ring (bicyclic) bond motifs is 1. The maximum absolute atomic E-state index is 13.0. The number of aromatic nitrogens is 3. The van der Waals surface area contributed by atoms with Gasteiger partial charge in [0.25, 0.3) is 5.91 Å². The van der Waals surface area contributed by atoms with Gasteiger partial charge in [0.05, 0.1) is 0 Å². The van der Waals surface area contributed by atoms with Gasteiger partial charge in [-0.1, -0.05) is 51.1 Å². The van der Waals surface area contributed by atoms with Crippen molar-refractivity contribution in [2.24, 2.45) is 0 Å². The van der Waals surface area contributed by atoms with Crippen LogP contribution in [0.2, 0.25) is 0 Å². The summed E-state index contributed by atoms with van der Waals surface area (Å²) in [5.74, 6) is 3.20. The van der Waals surface area contributed by atoms with Crippen molar-refractivity contribution >= 4 is 5.91 Å². The summed E-state index contributed by atoms with van der Waals surface area (Å²) in [7, 11) is 0. The predicted octanol–water partition coefficient (Wildman–Crippen LogP) is 4.00. The second kappa shape index (κ2) is 10.8. The van der Waals surface area contributed by atoms with E-state index in [1.165, 1.54) is 5.56 Å². The summed E-state index contributed by atoms with van der Waals surface area (Å²) in [6.07, 6.45) is 4.06. The maximum Gasteiger partial charge on any atom is 0.287 e. The number of aryl methyl sites for hydroxylation is 2. The van der Waals surface area contributed by atoms with Crippen molar-refractivity contribution in [2.75, 3.05) is 13.1 Å². The van der Waals surface area contributed by atoms with Crippen LogP contribution in [0.4, 0.5) is 0 Å². The standard InChI is InChI=1S/C26H35N5O2/c1-4-22-20(18-30(5-2)6-3)17-23(33-22)26(32)27-21-12-13-24-28-29-25(31(24)15-14-21)16-19-10-8-7-9-11-19/h7-11,17,21H,4-6,12-16,18H2,1-3H3,(H,27,32). The smallest absolute Gasteiger partial charge is 0.287 e. The van der Waals surface area contributed by atoms with Gasteiger partial charge in [0, 0.05) is 44.0 Å². The monoisotopic (exact) mass is 449 g/mol. The fourth-order valence-electron chi connectivity index (χ4n) is 4.56. The molecule has 1 N–H and O–H groups in total. The third kappa shape index (κ3) is 5.53. The molecule has 0 aliphatic carbocycles. The van der Waals surface area contributed by atoms with Crippen LogP contribution in [-0.2, 0) is 32.4 Å². The Labute approximate surface area is 196 Å². The van der Waals surface area contributed by atoms with Crippen LogP contribution in [0.15, 0.2) is 40.8 Å². The molecule has 0 spiro atoms. The van der Waals surface area contributed by atoms with Gasteiger partial charge in [-0.2, -0.15) is 0 Å². The average Bonchev–Trinajstić information content (AvgIpc) is 3.37. The Hall–Kier alpha value is -2.93. The first kappa shape index (κ1) is 23.2. The number of nitrogens with zero attached hydrogens (tertiary/aromatic N) is 4. The van der Waals surface area contributed by atoms with Crippen molar-refractivity contribution in [3.05, 3.63) is 70.7 Å². The first-order valence-electron chi connectivity index (χ1n) is 12.2. The van der Waals surface area contributed by atoms with E-state index in [0.29, 0.717) is 5.76 Å². The lowest BCUT2D eigenvalue weighted by Crippen LogP contribution is -2.35. The molecule has 2 aromatic heterocycles. The highest BCUT2D eigenvalue weighted by molar-refractivity contribution is 5.92. The van der Waals surface area contributed by atoms with Gasteiger partial charge in [-0.05, 0) is 37.6 Å². The molecule has 7 heteroatoms. The minimum absolute atomic E-state index is 0.0881. The van der Waals surface area contributed by atoms with E-state index in [4.69, 9.17) is 4.42 Å². The van der Waals surface area contributed by atoms with Gasteiger partial charge in [0.15, 0.2) is 5.76 Å². The van der Waals surface area contributed by atoms with Crippen molar-refractivity contribution in [1.82, 2.24) is 25.0 Å². The zero-order chi connectivity index (χ0) is 23.2. The summed E-state index contributed by atoms with van der Waals surface area (Å²) in [6, 6.07) is 12.4. The van der Waals surface area contributed by atoms with Gasteiger partial charge >= 0.3 is 0 Å². The van der Waals surface area contributed by atoms with Crippen molar-refractivity contribution in [1.29, 1.82) is 0 Å². The molecule has 7 nitrogen and oxygen atoms in total. The molecule has 1 aliphatic heterocycles. The quantitative estimate of drug-likeness (QED) is 0.534. The van der Waals surface area contributed by atoms with Gasteiger partial charge < -0.3 is 14.3 Å². The van der Waals surface area contributed by atoms with E-state index >= 15 is 0 Å². The van der Waals surface area contributed by atoms with Crippen LogP contribution in [0.5, 0.6) is 0 Å². The molecule has 0 bridgehead atoms. The minimum Gasteiger partial charge on any atom is -0.456 e. The Balaban J connectivity index is 1.39. The van der Waals surface area contributed by atoms with Gasteiger partial charge in [0.1, 0.15) is 17.4 Å². The SMILES string of the molecule is CCc1oc(C(=O)NC2CCc3nnc(Cc4ccccc4)n3CC2)cc1CN(CC)CC. The molecular formula is C26H35N5O2. The van der Waals surface area contributed by atoms with Crippen molar-refractivity contribution < 1.29 is 9.21 Å². The van der Waals surface area contributed by atoms with E-state index in [0.717, 1.165) is 81.3 Å². The second-order valence-electron chi connectivity index (χ2n) is 8.72. The molecule has 0 fully saturated rings. The number of carbonyl (C=O) groups excluding carboxylic acids is 1. The van der Waals surface area contributed by atoms with E-state index in [9.17, 15) is 4.79 Å². The maximum atomic E-state index is 13.0. The van der Waals surface area contributed by atoms with E-state index in [-0.39, 0.29) is 11.9 Å². The number of hydrogen-bond donors (Lipinski definition) is 1. The first-order chi connectivity index (χ1) is 16.1. The highest BCUT2D eigenvalue weighted by Crippen LogP contribution is 2.21. The molecule has 3 aromatic rings. The molecule has 1 amide bonds. The van der Waals surface area contributed by atoms with Crippen LogP contribution in [-0.4, -0.2) is 44.7 Å². The lowest BCUT2D eigenvalue weighted by atomic mass is 10.1. The summed E-state index contributed by atoms with van der Waals surface area (Å²) in [5, 5.41) is 12.1. The largest absolute Gasteiger partial charge is 0.456 e. The lowest BCUT2D eigenvalue weighted by Gasteiger charge is -2.17. The van der Waals surface area contributed by atoms with E-state index in [1.807, 2.05) is 24.3 Å². The van der Waals surface area contributed by atoms with Gasteiger partial charge in [-0.15, -0.1) is 10.2 Å². The third-order valence-corrected chi connectivity index (χ3v) is 6.59. The summed E-state index contributed by atoms with van der Waals surface area (Å²) in [5.41, 5.74) is 2.34. The highest BCUT2D eigenvalue weighted by atomic mass is 16.4. The Morgan fingerprint density at radius 2 is 1.94 bits per heavy atom. The lowest BCUT2D eigenvalue weighted by molar-refractivity contribution is 0.0903. The number of nitrogens with one attached hydrogen (secondary N) is 1. The first-order valence-corrected chi connectivity index (χ1v) is 12.2. The highest BCUT2D eigenvalue weighted by Gasteiger charge is 2.24. The summed E-state index contributed by atoms with van der Waals surface area (Å²) >= 11 is 0.